The first-order chi connectivity index (χ1) is 14.5. The number of ether oxygens (including phenoxy) is 2. The van der Waals surface area contributed by atoms with Crippen LogP contribution >= 0.6 is 0 Å². The van der Waals surface area contributed by atoms with Gasteiger partial charge in [-0.2, -0.15) is 5.10 Å². The largest absolute Gasteiger partial charge is 0.493 e. The molecule has 0 radical (unpaired) electrons. The summed E-state index contributed by atoms with van der Waals surface area (Å²) in [6.07, 6.45) is 1.64. The van der Waals surface area contributed by atoms with Crippen LogP contribution in [0.4, 0.5) is 4.39 Å². The van der Waals surface area contributed by atoms with Crippen LogP contribution in [-0.4, -0.2) is 19.2 Å². The third kappa shape index (κ3) is 6.17. The number of aryl methyl sites for hydroxylation is 1. The molecule has 0 saturated heterocycles. The number of hydrazone groups is 1. The van der Waals surface area contributed by atoms with Crippen LogP contribution in [0.25, 0.3) is 0 Å². The molecule has 0 unspecified atom stereocenters. The minimum Gasteiger partial charge on any atom is -0.493 e. The Bertz CT molecular complexity index is 1030. The third-order valence-electron chi connectivity index (χ3n) is 4.35. The van der Waals surface area contributed by atoms with Crippen molar-refractivity contribution in [3.05, 3.63) is 94.8 Å². The normalized spacial score (nSPS) is 10.8. The SMILES string of the molecule is COc1cc(/C=N/NC(=O)Cc2ccc(F)cc2)ccc1OCc1cccc(C)c1. The highest BCUT2D eigenvalue weighted by molar-refractivity contribution is 5.84. The number of carbonyl (C=O) groups is 1. The van der Waals surface area contributed by atoms with Crippen LogP contribution in [0.15, 0.2) is 71.8 Å². The Morgan fingerprint density at radius 1 is 1.03 bits per heavy atom. The van der Waals surface area contributed by atoms with Crippen LogP contribution < -0.4 is 14.9 Å². The molecular formula is C24H23FN2O3. The van der Waals surface area contributed by atoms with Crippen molar-refractivity contribution in [2.75, 3.05) is 7.11 Å². The number of hydrogen-bond donors (Lipinski definition) is 1. The van der Waals surface area contributed by atoms with E-state index in [9.17, 15) is 9.18 Å². The fraction of sp³-hybridized carbons (Fsp3) is 0.167. The number of nitrogens with one attached hydrogen (secondary N) is 1. The number of hydrogen-bond acceptors (Lipinski definition) is 4. The predicted molar refractivity (Wildman–Crippen MR) is 114 cm³/mol. The molecule has 0 aliphatic rings. The summed E-state index contributed by atoms with van der Waals surface area (Å²) in [5.74, 6) is 0.570. The molecule has 0 aliphatic heterocycles. The Hall–Kier alpha value is -3.67. The molecule has 1 N–H and O–H groups in total. The van der Waals surface area contributed by atoms with E-state index in [1.165, 1.54) is 23.9 Å². The Morgan fingerprint density at radius 2 is 1.83 bits per heavy atom. The third-order valence-corrected chi connectivity index (χ3v) is 4.35. The average molecular weight is 406 g/mol. The molecule has 0 fully saturated rings. The van der Waals surface area contributed by atoms with E-state index in [-0.39, 0.29) is 18.1 Å². The summed E-state index contributed by atoms with van der Waals surface area (Å²) in [7, 11) is 1.57. The molecule has 1 amide bonds. The molecule has 0 bridgehead atoms. The van der Waals surface area contributed by atoms with Crippen molar-refractivity contribution in [3.8, 4) is 11.5 Å². The lowest BCUT2D eigenvalue weighted by Crippen LogP contribution is -2.19. The lowest BCUT2D eigenvalue weighted by molar-refractivity contribution is -0.120. The van der Waals surface area contributed by atoms with Crippen LogP contribution in [0.2, 0.25) is 0 Å². The molecule has 5 nitrogen and oxygen atoms in total. The van der Waals surface area contributed by atoms with Gasteiger partial charge in [0.1, 0.15) is 12.4 Å². The predicted octanol–water partition coefficient (Wildman–Crippen LogP) is 4.41. The zero-order chi connectivity index (χ0) is 21.3. The summed E-state index contributed by atoms with van der Waals surface area (Å²) >= 11 is 0. The minimum absolute atomic E-state index is 0.118. The number of carbonyl (C=O) groups excluding carboxylic acids is 1. The van der Waals surface area contributed by atoms with E-state index in [2.05, 4.69) is 16.6 Å². The van der Waals surface area contributed by atoms with Crippen LogP contribution in [0.3, 0.4) is 0 Å². The molecule has 3 aromatic carbocycles. The van der Waals surface area contributed by atoms with Gasteiger partial charge in [-0.1, -0.05) is 42.0 Å². The summed E-state index contributed by atoms with van der Waals surface area (Å²) in [5.41, 5.74) is 6.17. The van der Waals surface area contributed by atoms with Gasteiger partial charge >= 0.3 is 0 Å². The zero-order valence-corrected chi connectivity index (χ0v) is 16.9. The molecule has 0 atom stereocenters. The standard InChI is InChI=1S/C24H23FN2O3/c1-17-4-3-5-20(12-17)16-30-22-11-8-19(13-23(22)29-2)15-26-27-24(28)14-18-6-9-21(25)10-7-18/h3-13,15H,14,16H2,1-2H3,(H,27,28)/b26-15+. The van der Waals surface area contributed by atoms with E-state index in [4.69, 9.17) is 9.47 Å². The molecule has 3 rings (SSSR count). The summed E-state index contributed by atoms with van der Waals surface area (Å²) in [4.78, 5) is 11.9. The summed E-state index contributed by atoms with van der Waals surface area (Å²) < 4.78 is 24.2. The molecule has 0 spiro atoms. The van der Waals surface area contributed by atoms with Gasteiger partial charge in [-0.3, -0.25) is 4.79 Å². The van der Waals surface area contributed by atoms with Crippen molar-refractivity contribution in [1.29, 1.82) is 0 Å². The molecule has 0 aromatic heterocycles. The number of methoxy groups -OCH3 is 1. The van der Waals surface area contributed by atoms with Gasteiger partial charge in [0, 0.05) is 0 Å². The van der Waals surface area contributed by atoms with Gasteiger partial charge in [-0.05, 0) is 53.9 Å². The van der Waals surface area contributed by atoms with Gasteiger partial charge in [-0.15, -0.1) is 0 Å². The number of rotatable bonds is 8. The minimum atomic E-state index is -0.336. The van der Waals surface area contributed by atoms with Gasteiger partial charge in [0.15, 0.2) is 11.5 Å². The lowest BCUT2D eigenvalue weighted by Gasteiger charge is -2.11. The Kier molecular flexibility index (Phi) is 7.16. The maximum atomic E-state index is 12.9. The fourth-order valence-electron chi connectivity index (χ4n) is 2.85. The van der Waals surface area contributed by atoms with E-state index in [1.54, 1.807) is 31.4 Å². The Balaban J connectivity index is 1.57. The molecule has 0 aliphatic carbocycles. The number of halogens is 1. The first-order valence-corrected chi connectivity index (χ1v) is 9.46. The number of benzene rings is 3. The molecule has 154 valence electrons. The van der Waals surface area contributed by atoms with E-state index in [1.807, 2.05) is 31.2 Å². The second kappa shape index (κ2) is 10.2. The van der Waals surface area contributed by atoms with E-state index >= 15 is 0 Å². The number of amides is 1. The topological polar surface area (TPSA) is 59.9 Å². The highest BCUT2D eigenvalue weighted by Crippen LogP contribution is 2.28. The summed E-state index contributed by atoms with van der Waals surface area (Å²) in [6.45, 7) is 2.47. The second-order valence-electron chi connectivity index (χ2n) is 6.78. The fourth-order valence-corrected chi connectivity index (χ4v) is 2.85. The maximum Gasteiger partial charge on any atom is 0.244 e. The van der Waals surface area contributed by atoms with Crippen LogP contribution in [0.5, 0.6) is 11.5 Å². The lowest BCUT2D eigenvalue weighted by atomic mass is 10.1. The van der Waals surface area contributed by atoms with Crippen molar-refractivity contribution < 1.29 is 18.7 Å². The molecule has 0 heterocycles. The molecule has 30 heavy (non-hydrogen) atoms. The molecular weight excluding hydrogens is 383 g/mol. The van der Waals surface area contributed by atoms with Crippen LogP contribution in [0, 0.1) is 12.7 Å². The van der Waals surface area contributed by atoms with Crippen molar-refractivity contribution in [1.82, 2.24) is 5.43 Å². The average Bonchev–Trinajstić information content (AvgIpc) is 2.74. The van der Waals surface area contributed by atoms with Crippen molar-refractivity contribution >= 4 is 12.1 Å². The monoisotopic (exact) mass is 406 g/mol. The second-order valence-corrected chi connectivity index (χ2v) is 6.78. The quantitative estimate of drug-likeness (QED) is 0.445. The van der Waals surface area contributed by atoms with Gasteiger partial charge in [0.05, 0.1) is 19.7 Å². The summed E-state index contributed by atoms with van der Waals surface area (Å²) in [5, 5.41) is 3.97. The highest BCUT2D eigenvalue weighted by atomic mass is 19.1. The van der Waals surface area contributed by atoms with Gasteiger partial charge in [0.2, 0.25) is 5.91 Å². The van der Waals surface area contributed by atoms with Crippen LogP contribution in [0.1, 0.15) is 22.3 Å². The van der Waals surface area contributed by atoms with E-state index in [0.29, 0.717) is 23.7 Å². The molecule has 6 heteroatoms. The Labute approximate surface area is 175 Å². The number of nitrogens with zero attached hydrogens (tertiary/aromatic N) is 1. The summed E-state index contributed by atoms with van der Waals surface area (Å²) in [6, 6.07) is 19.3. The van der Waals surface area contributed by atoms with Crippen molar-refractivity contribution in [2.24, 2.45) is 5.10 Å². The first kappa shape index (κ1) is 21.0. The zero-order valence-electron chi connectivity index (χ0n) is 16.9. The highest BCUT2D eigenvalue weighted by Gasteiger charge is 2.06. The van der Waals surface area contributed by atoms with Gasteiger partial charge < -0.3 is 9.47 Å². The Morgan fingerprint density at radius 3 is 2.57 bits per heavy atom. The van der Waals surface area contributed by atoms with E-state index < -0.39 is 0 Å². The maximum absolute atomic E-state index is 12.9. The van der Waals surface area contributed by atoms with Crippen molar-refractivity contribution in [3.63, 3.8) is 0 Å². The van der Waals surface area contributed by atoms with Crippen LogP contribution in [-0.2, 0) is 17.8 Å². The smallest absolute Gasteiger partial charge is 0.244 e. The van der Waals surface area contributed by atoms with Gasteiger partial charge in [0.25, 0.3) is 0 Å². The van der Waals surface area contributed by atoms with E-state index in [0.717, 1.165) is 11.1 Å². The molecule has 3 aromatic rings. The van der Waals surface area contributed by atoms with Crippen molar-refractivity contribution in [2.45, 2.75) is 20.0 Å². The first-order valence-electron chi connectivity index (χ1n) is 9.46. The van der Waals surface area contributed by atoms with Gasteiger partial charge in [-0.25, -0.2) is 9.82 Å². The molecule has 0 saturated carbocycles.